The molecule has 0 radical (unpaired) electrons. The Morgan fingerprint density at radius 3 is 2.78 bits per heavy atom. The lowest BCUT2D eigenvalue weighted by atomic mass is 10.2. The molecule has 1 aromatic rings. The number of carbonyl (C=O) groups is 3. The summed E-state index contributed by atoms with van der Waals surface area (Å²) in [7, 11) is 1.66. The number of carbonyl (C=O) groups excluding carboxylic acids is 2. The lowest BCUT2D eigenvalue weighted by Crippen LogP contribution is -2.46. The molecule has 0 atom stereocenters. The van der Waals surface area contributed by atoms with Crippen LogP contribution >= 0.6 is 0 Å². The minimum atomic E-state index is -1.69. The van der Waals surface area contributed by atoms with Crippen LogP contribution in [0.3, 0.4) is 0 Å². The van der Waals surface area contributed by atoms with E-state index in [2.05, 4.69) is 5.32 Å². The maximum absolute atomic E-state index is 11.6. The zero-order valence-electron chi connectivity index (χ0n) is 9.47. The fraction of sp³-hybridized carbons (Fsp3) is 0.182. The van der Waals surface area contributed by atoms with Crippen molar-refractivity contribution in [2.24, 2.45) is 0 Å². The van der Waals surface area contributed by atoms with E-state index in [1.54, 1.807) is 19.2 Å². The first-order valence-corrected chi connectivity index (χ1v) is 5.09. The van der Waals surface area contributed by atoms with Crippen LogP contribution in [0.1, 0.15) is 0 Å². The summed E-state index contributed by atoms with van der Waals surface area (Å²) in [5.74, 6) is -3.39. The Bertz CT molecular complexity index is 540. The van der Waals surface area contributed by atoms with Gasteiger partial charge in [0, 0.05) is 12.7 Å². The van der Waals surface area contributed by atoms with Crippen LogP contribution in [0.25, 0.3) is 0 Å². The maximum Gasteiger partial charge on any atom is 0.395 e. The molecule has 2 rings (SSSR count). The molecule has 1 aliphatic rings. The summed E-state index contributed by atoms with van der Waals surface area (Å²) < 4.78 is 5.13. The molecule has 1 aliphatic heterocycles. The molecule has 0 saturated carbocycles. The van der Waals surface area contributed by atoms with Crippen LogP contribution in [-0.2, 0) is 14.4 Å². The predicted octanol–water partition coefficient (Wildman–Crippen LogP) is 0.0649. The molecule has 0 saturated heterocycles. The Kier molecular flexibility index (Phi) is 2.88. The van der Waals surface area contributed by atoms with Crippen molar-refractivity contribution < 1.29 is 24.2 Å². The highest BCUT2D eigenvalue weighted by Crippen LogP contribution is 2.34. The Balaban J connectivity index is 2.52. The third-order valence-corrected chi connectivity index (χ3v) is 2.48. The van der Waals surface area contributed by atoms with Gasteiger partial charge in [0.25, 0.3) is 5.91 Å². The van der Waals surface area contributed by atoms with E-state index in [9.17, 15) is 14.4 Å². The largest absolute Gasteiger partial charge is 0.482 e. The van der Waals surface area contributed by atoms with Crippen molar-refractivity contribution in [1.82, 2.24) is 0 Å². The molecule has 0 spiro atoms. The molecule has 18 heavy (non-hydrogen) atoms. The Hall–Kier alpha value is -2.57. The zero-order chi connectivity index (χ0) is 13.3. The van der Waals surface area contributed by atoms with Gasteiger partial charge in [-0.05, 0) is 18.2 Å². The number of nitrogens with zero attached hydrogens (tertiary/aromatic N) is 1. The normalized spacial score (nSPS) is 13.6. The fourth-order valence-electron chi connectivity index (χ4n) is 1.63. The molecule has 1 heterocycles. The van der Waals surface area contributed by atoms with Crippen molar-refractivity contribution in [2.75, 3.05) is 23.9 Å². The van der Waals surface area contributed by atoms with E-state index < -0.39 is 17.8 Å². The summed E-state index contributed by atoms with van der Waals surface area (Å²) in [5, 5.41) is 11.5. The Morgan fingerprint density at radius 2 is 2.17 bits per heavy atom. The molecule has 0 unspecified atom stereocenters. The van der Waals surface area contributed by atoms with Crippen molar-refractivity contribution in [3.8, 4) is 5.75 Å². The van der Waals surface area contributed by atoms with Gasteiger partial charge < -0.3 is 15.2 Å². The minimum absolute atomic E-state index is 0.130. The lowest BCUT2D eigenvalue weighted by Gasteiger charge is -2.26. The van der Waals surface area contributed by atoms with E-state index in [4.69, 9.17) is 9.84 Å². The quantitative estimate of drug-likeness (QED) is 0.684. The SMILES string of the molecule is CNc1ccc2c(c1)N(C(=O)C(=O)O)C(=O)CO2. The average Bonchev–Trinajstić information content (AvgIpc) is 2.37. The summed E-state index contributed by atoms with van der Waals surface area (Å²) >= 11 is 0. The fourth-order valence-corrected chi connectivity index (χ4v) is 1.63. The molecule has 2 N–H and O–H groups in total. The zero-order valence-corrected chi connectivity index (χ0v) is 9.47. The van der Waals surface area contributed by atoms with Crippen molar-refractivity contribution in [2.45, 2.75) is 0 Å². The number of fused-ring (bicyclic) bond motifs is 1. The van der Waals surface area contributed by atoms with Gasteiger partial charge in [0.15, 0.2) is 6.61 Å². The van der Waals surface area contributed by atoms with Gasteiger partial charge in [-0.25, -0.2) is 9.69 Å². The highest BCUT2D eigenvalue weighted by atomic mass is 16.5. The molecule has 7 nitrogen and oxygen atoms in total. The number of benzene rings is 1. The predicted molar refractivity (Wildman–Crippen MR) is 61.6 cm³/mol. The summed E-state index contributed by atoms with van der Waals surface area (Å²) in [5.41, 5.74) is 0.765. The number of aliphatic carboxylic acids is 1. The third-order valence-electron chi connectivity index (χ3n) is 2.48. The molecule has 0 aromatic heterocycles. The van der Waals surface area contributed by atoms with Gasteiger partial charge in [0.05, 0.1) is 5.69 Å². The van der Waals surface area contributed by atoms with E-state index >= 15 is 0 Å². The van der Waals surface area contributed by atoms with Crippen LogP contribution < -0.4 is 15.0 Å². The van der Waals surface area contributed by atoms with E-state index in [0.29, 0.717) is 16.3 Å². The number of amides is 2. The Morgan fingerprint density at radius 1 is 1.44 bits per heavy atom. The van der Waals surface area contributed by atoms with Crippen molar-refractivity contribution in [1.29, 1.82) is 0 Å². The van der Waals surface area contributed by atoms with Gasteiger partial charge in [-0.1, -0.05) is 0 Å². The topological polar surface area (TPSA) is 95.9 Å². The van der Waals surface area contributed by atoms with Gasteiger partial charge in [-0.3, -0.25) is 9.59 Å². The number of anilines is 2. The van der Waals surface area contributed by atoms with Crippen molar-refractivity contribution in [3.05, 3.63) is 18.2 Å². The van der Waals surface area contributed by atoms with E-state index in [1.807, 2.05) is 0 Å². The average molecular weight is 250 g/mol. The van der Waals surface area contributed by atoms with Gasteiger partial charge >= 0.3 is 11.9 Å². The third kappa shape index (κ3) is 1.86. The van der Waals surface area contributed by atoms with Crippen LogP contribution in [0.4, 0.5) is 11.4 Å². The van der Waals surface area contributed by atoms with Crippen LogP contribution in [0.2, 0.25) is 0 Å². The number of hydrogen-bond donors (Lipinski definition) is 2. The second-order valence-corrected chi connectivity index (χ2v) is 3.56. The van der Waals surface area contributed by atoms with Crippen LogP contribution in [0.5, 0.6) is 5.75 Å². The maximum atomic E-state index is 11.6. The molecule has 0 aliphatic carbocycles. The summed E-state index contributed by atoms with van der Waals surface area (Å²) in [6.45, 7) is -0.356. The van der Waals surface area contributed by atoms with Gasteiger partial charge in [0.1, 0.15) is 5.75 Å². The molecular weight excluding hydrogens is 240 g/mol. The van der Waals surface area contributed by atoms with E-state index in [-0.39, 0.29) is 12.3 Å². The number of carboxylic acid groups (broad SMARTS) is 1. The van der Waals surface area contributed by atoms with Crippen LogP contribution in [-0.4, -0.2) is 36.5 Å². The van der Waals surface area contributed by atoms with Gasteiger partial charge in [0.2, 0.25) is 0 Å². The molecule has 0 bridgehead atoms. The van der Waals surface area contributed by atoms with Crippen molar-refractivity contribution in [3.63, 3.8) is 0 Å². The summed E-state index contributed by atoms with van der Waals surface area (Å²) in [4.78, 5) is 34.4. The smallest absolute Gasteiger partial charge is 0.395 e. The first-order valence-electron chi connectivity index (χ1n) is 5.09. The molecule has 7 heteroatoms. The highest BCUT2D eigenvalue weighted by molar-refractivity contribution is 6.43. The molecule has 2 amide bonds. The summed E-state index contributed by atoms with van der Waals surface area (Å²) in [6, 6.07) is 4.74. The monoisotopic (exact) mass is 250 g/mol. The molecule has 94 valence electrons. The number of imide groups is 1. The highest BCUT2D eigenvalue weighted by Gasteiger charge is 2.34. The second kappa shape index (κ2) is 4.36. The number of hydrogen-bond acceptors (Lipinski definition) is 5. The minimum Gasteiger partial charge on any atom is -0.482 e. The molecular formula is C11H10N2O5. The van der Waals surface area contributed by atoms with Gasteiger partial charge in [-0.2, -0.15) is 0 Å². The van der Waals surface area contributed by atoms with Crippen LogP contribution in [0.15, 0.2) is 18.2 Å². The van der Waals surface area contributed by atoms with Crippen LogP contribution in [0, 0.1) is 0 Å². The van der Waals surface area contributed by atoms with E-state index in [0.717, 1.165) is 0 Å². The molecule has 0 fully saturated rings. The van der Waals surface area contributed by atoms with Gasteiger partial charge in [-0.15, -0.1) is 0 Å². The molecule has 1 aromatic carbocycles. The Labute approximate surface area is 102 Å². The first-order chi connectivity index (χ1) is 8.54. The van der Waals surface area contributed by atoms with E-state index in [1.165, 1.54) is 6.07 Å². The number of carboxylic acids is 1. The standard InChI is InChI=1S/C11H10N2O5/c1-12-6-2-3-8-7(4-6)13(9(14)5-18-8)10(15)11(16)17/h2-4,12H,5H2,1H3,(H,16,17). The number of rotatable bonds is 1. The van der Waals surface area contributed by atoms with Crippen molar-refractivity contribution >= 4 is 29.2 Å². The second-order valence-electron chi connectivity index (χ2n) is 3.56. The first kappa shape index (κ1) is 11.9. The lowest BCUT2D eigenvalue weighted by molar-refractivity contribution is -0.150. The summed E-state index contributed by atoms with van der Waals surface area (Å²) in [6.07, 6.45) is 0. The number of ether oxygens (including phenoxy) is 1. The number of nitrogens with one attached hydrogen (secondary N) is 1.